The molecule has 1 fully saturated rings. The van der Waals surface area contributed by atoms with E-state index in [1.165, 1.54) is 32.1 Å². The van der Waals surface area contributed by atoms with Crippen molar-refractivity contribution < 1.29 is 9.47 Å². The summed E-state index contributed by atoms with van der Waals surface area (Å²) in [6, 6.07) is 3.85. The largest absolute Gasteiger partial charge is 0.472 e. The van der Waals surface area contributed by atoms with Gasteiger partial charge in [0, 0.05) is 25.2 Å². The van der Waals surface area contributed by atoms with Gasteiger partial charge in [0.2, 0.25) is 5.88 Å². The number of ether oxygens (including phenoxy) is 2. The van der Waals surface area contributed by atoms with E-state index in [9.17, 15) is 0 Å². The highest BCUT2D eigenvalue weighted by Crippen LogP contribution is 2.16. The van der Waals surface area contributed by atoms with Gasteiger partial charge in [-0.3, -0.25) is 0 Å². The second-order valence-electron chi connectivity index (χ2n) is 6.50. The minimum absolute atomic E-state index is 0.107. The summed E-state index contributed by atoms with van der Waals surface area (Å²) >= 11 is 0. The predicted molar refractivity (Wildman–Crippen MR) is 101 cm³/mol. The van der Waals surface area contributed by atoms with E-state index in [4.69, 9.17) is 15.2 Å². The predicted octanol–water partition coefficient (Wildman–Crippen LogP) is 3.01. The van der Waals surface area contributed by atoms with E-state index in [1.54, 1.807) is 6.20 Å². The van der Waals surface area contributed by atoms with Crippen LogP contribution in [0.5, 0.6) is 5.88 Å². The van der Waals surface area contributed by atoms with Crippen LogP contribution in [0, 0.1) is 0 Å². The smallest absolute Gasteiger partial charge is 0.213 e. The Balaban J connectivity index is 1.65. The Bertz CT molecular complexity index is 516. The Kier molecular flexibility index (Phi) is 9.12. The Morgan fingerprint density at radius 1 is 1.36 bits per heavy atom. The molecule has 0 radical (unpaired) electrons. The number of hydrogen-bond donors (Lipinski definition) is 2. The first-order chi connectivity index (χ1) is 12.3. The maximum Gasteiger partial charge on any atom is 0.213 e. The van der Waals surface area contributed by atoms with Gasteiger partial charge in [0.15, 0.2) is 5.96 Å². The highest BCUT2D eigenvalue weighted by molar-refractivity contribution is 5.77. The zero-order chi connectivity index (χ0) is 17.7. The molecule has 0 aliphatic carbocycles. The van der Waals surface area contributed by atoms with Crippen LogP contribution in [0.15, 0.2) is 23.3 Å². The van der Waals surface area contributed by atoms with Crippen molar-refractivity contribution >= 4 is 5.96 Å². The molecule has 140 valence electrons. The Morgan fingerprint density at radius 2 is 2.20 bits per heavy atom. The van der Waals surface area contributed by atoms with Gasteiger partial charge in [-0.05, 0) is 18.1 Å². The summed E-state index contributed by atoms with van der Waals surface area (Å²) in [5.74, 6) is 1.12. The van der Waals surface area contributed by atoms with Crippen molar-refractivity contribution in [3.63, 3.8) is 0 Å². The van der Waals surface area contributed by atoms with Crippen LogP contribution < -0.4 is 15.8 Å². The molecule has 25 heavy (non-hydrogen) atoms. The number of guanidine groups is 1. The topological polar surface area (TPSA) is 81.8 Å². The lowest BCUT2D eigenvalue weighted by Gasteiger charge is -2.11. The zero-order valence-corrected chi connectivity index (χ0v) is 15.4. The normalized spacial score (nSPS) is 17.6. The quantitative estimate of drug-likeness (QED) is 0.365. The molecule has 1 unspecified atom stereocenters. The third-order valence-corrected chi connectivity index (χ3v) is 4.24. The van der Waals surface area contributed by atoms with Crippen molar-refractivity contribution in [1.82, 2.24) is 10.3 Å². The first kappa shape index (κ1) is 19.5. The van der Waals surface area contributed by atoms with Crippen molar-refractivity contribution in [2.45, 2.75) is 64.5 Å². The van der Waals surface area contributed by atoms with E-state index in [1.807, 2.05) is 12.1 Å². The van der Waals surface area contributed by atoms with Crippen molar-refractivity contribution in [3.8, 4) is 5.88 Å². The van der Waals surface area contributed by atoms with E-state index in [2.05, 4.69) is 22.2 Å². The summed E-state index contributed by atoms with van der Waals surface area (Å²) in [7, 11) is 0. The van der Waals surface area contributed by atoms with Gasteiger partial charge in [0.1, 0.15) is 6.10 Å². The number of nitrogens with two attached hydrogens (primary N) is 1. The maximum atomic E-state index is 5.93. The van der Waals surface area contributed by atoms with Crippen LogP contribution in [-0.2, 0) is 11.3 Å². The molecule has 2 rings (SSSR count). The molecule has 0 aromatic carbocycles. The molecule has 1 saturated heterocycles. The Hall–Kier alpha value is -1.82. The SMILES string of the molecule is CCCCCCCCNC(N)=NCc1ccnc(OC2CCOC2)c1. The minimum Gasteiger partial charge on any atom is -0.472 e. The fraction of sp³-hybridized carbons (Fsp3) is 0.684. The summed E-state index contributed by atoms with van der Waals surface area (Å²) in [5.41, 5.74) is 6.96. The molecule has 3 N–H and O–H groups in total. The number of pyridine rings is 1. The summed E-state index contributed by atoms with van der Waals surface area (Å²) in [6.07, 6.45) is 10.4. The van der Waals surface area contributed by atoms with Gasteiger partial charge in [0.05, 0.1) is 19.8 Å². The van der Waals surface area contributed by atoms with Crippen LogP contribution in [0.2, 0.25) is 0 Å². The first-order valence-electron chi connectivity index (χ1n) is 9.51. The highest BCUT2D eigenvalue weighted by atomic mass is 16.5. The standard InChI is InChI=1S/C19H32N4O2/c1-2-3-4-5-6-7-10-22-19(20)23-14-16-8-11-21-18(13-16)25-17-9-12-24-15-17/h8,11,13,17H,2-7,9-10,12,14-15H2,1H3,(H3,20,22,23). The molecule has 1 aliphatic heterocycles. The van der Waals surface area contributed by atoms with Crippen LogP contribution in [0.4, 0.5) is 0 Å². The minimum atomic E-state index is 0.107. The molecular formula is C19H32N4O2. The summed E-state index contributed by atoms with van der Waals surface area (Å²) in [6.45, 7) is 5.04. The molecule has 0 saturated carbocycles. The Labute approximate surface area is 151 Å². The molecular weight excluding hydrogens is 316 g/mol. The van der Waals surface area contributed by atoms with Crippen LogP contribution in [0.1, 0.15) is 57.4 Å². The molecule has 6 heteroatoms. The van der Waals surface area contributed by atoms with E-state index >= 15 is 0 Å². The molecule has 6 nitrogen and oxygen atoms in total. The fourth-order valence-corrected chi connectivity index (χ4v) is 2.74. The van der Waals surface area contributed by atoms with Crippen LogP contribution >= 0.6 is 0 Å². The summed E-state index contributed by atoms with van der Waals surface area (Å²) in [5, 5.41) is 3.18. The van der Waals surface area contributed by atoms with Gasteiger partial charge in [-0.1, -0.05) is 39.0 Å². The number of hydrogen-bond acceptors (Lipinski definition) is 4. The zero-order valence-electron chi connectivity index (χ0n) is 15.4. The number of unbranched alkanes of at least 4 members (excludes halogenated alkanes) is 5. The van der Waals surface area contributed by atoms with E-state index in [0.717, 1.165) is 31.6 Å². The number of nitrogens with zero attached hydrogens (tertiary/aromatic N) is 2. The van der Waals surface area contributed by atoms with Crippen LogP contribution in [-0.4, -0.2) is 36.8 Å². The highest BCUT2D eigenvalue weighted by Gasteiger charge is 2.17. The van der Waals surface area contributed by atoms with Crippen molar-refractivity contribution in [2.75, 3.05) is 19.8 Å². The van der Waals surface area contributed by atoms with Gasteiger partial charge < -0.3 is 20.5 Å². The van der Waals surface area contributed by atoms with Crippen molar-refractivity contribution in [2.24, 2.45) is 10.7 Å². The Morgan fingerprint density at radius 3 is 3.00 bits per heavy atom. The van der Waals surface area contributed by atoms with Crippen LogP contribution in [0.3, 0.4) is 0 Å². The number of aliphatic imine (C=N–C) groups is 1. The lowest BCUT2D eigenvalue weighted by Crippen LogP contribution is -2.32. The van der Waals surface area contributed by atoms with E-state index in [0.29, 0.717) is 25.0 Å². The van der Waals surface area contributed by atoms with Crippen LogP contribution in [0.25, 0.3) is 0 Å². The fourth-order valence-electron chi connectivity index (χ4n) is 2.74. The maximum absolute atomic E-state index is 5.93. The molecule has 1 aromatic heterocycles. The van der Waals surface area contributed by atoms with Crippen molar-refractivity contribution in [3.05, 3.63) is 23.9 Å². The van der Waals surface area contributed by atoms with Gasteiger partial charge in [-0.2, -0.15) is 0 Å². The number of nitrogens with one attached hydrogen (secondary N) is 1. The molecule has 2 heterocycles. The lowest BCUT2D eigenvalue weighted by molar-refractivity contribution is 0.138. The monoisotopic (exact) mass is 348 g/mol. The van der Waals surface area contributed by atoms with Gasteiger partial charge in [-0.15, -0.1) is 0 Å². The third kappa shape index (κ3) is 8.20. The average molecular weight is 348 g/mol. The lowest BCUT2D eigenvalue weighted by atomic mass is 10.1. The second-order valence-corrected chi connectivity index (χ2v) is 6.50. The number of aromatic nitrogens is 1. The first-order valence-corrected chi connectivity index (χ1v) is 9.51. The molecule has 1 aliphatic rings. The molecule has 0 spiro atoms. The second kappa shape index (κ2) is 11.7. The number of rotatable bonds is 11. The van der Waals surface area contributed by atoms with Gasteiger partial charge in [0.25, 0.3) is 0 Å². The molecule has 0 amide bonds. The van der Waals surface area contributed by atoms with E-state index < -0.39 is 0 Å². The van der Waals surface area contributed by atoms with Gasteiger partial charge in [-0.25, -0.2) is 9.98 Å². The van der Waals surface area contributed by atoms with Crippen molar-refractivity contribution in [1.29, 1.82) is 0 Å². The van der Waals surface area contributed by atoms with Gasteiger partial charge >= 0.3 is 0 Å². The average Bonchev–Trinajstić information content (AvgIpc) is 3.12. The summed E-state index contributed by atoms with van der Waals surface area (Å²) in [4.78, 5) is 8.64. The molecule has 1 aromatic rings. The van der Waals surface area contributed by atoms with E-state index in [-0.39, 0.29) is 6.10 Å². The molecule has 0 bridgehead atoms. The molecule has 1 atom stereocenters. The third-order valence-electron chi connectivity index (χ3n) is 4.24. The summed E-state index contributed by atoms with van der Waals surface area (Å²) < 4.78 is 11.1.